The van der Waals surface area contributed by atoms with Crippen molar-refractivity contribution in [2.45, 2.75) is 0 Å². The Kier molecular flexibility index (Phi) is 6.92. The summed E-state index contributed by atoms with van der Waals surface area (Å²) in [4.78, 5) is 22.6. The number of nitro groups is 1. The first-order valence-corrected chi connectivity index (χ1v) is 9.22. The summed E-state index contributed by atoms with van der Waals surface area (Å²) in [6, 6.07) is 11.0. The number of ether oxygens (including phenoxy) is 1. The number of anilines is 1. The third kappa shape index (κ3) is 4.92. The van der Waals surface area contributed by atoms with Gasteiger partial charge in [-0.3, -0.25) is 14.9 Å². The lowest BCUT2D eigenvalue weighted by Crippen LogP contribution is -2.13. The molecule has 0 aromatic heterocycles. The van der Waals surface area contributed by atoms with E-state index in [1.807, 2.05) is 6.07 Å². The quantitative estimate of drug-likeness (QED) is 0.188. The van der Waals surface area contributed by atoms with Crippen LogP contribution in [-0.4, -0.2) is 17.9 Å². The van der Waals surface area contributed by atoms with E-state index in [0.29, 0.717) is 5.56 Å². The summed E-state index contributed by atoms with van der Waals surface area (Å²) in [5.74, 6) is 0.0803. The molecule has 0 radical (unpaired) electrons. The van der Waals surface area contributed by atoms with Crippen molar-refractivity contribution in [3.63, 3.8) is 0 Å². The Morgan fingerprint density at radius 2 is 1.96 bits per heavy atom. The van der Waals surface area contributed by atoms with Crippen LogP contribution < -0.4 is 10.1 Å². The van der Waals surface area contributed by atoms with Gasteiger partial charge in [0.1, 0.15) is 17.4 Å². The molecule has 26 heavy (non-hydrogen) atoms. The molecular weight excluding hydrogens is 564 g/mol. The summed E-state index contributed by atoms with van der Waals surface area (Å²) in [5.41, 5.74) is 0.646. The molecule has 0 saturated carbocycles. The van der Waals surface area contributed by atoms with Crippen molar-refractivity contribution in [3.05, 3.63) is 64.8 Å². The second-order valence-electron chi connectivity index (χ2n) is 4.95. The summed E-state index contributed by atoms with van der Waals surface area (Å²) in [5, 5.41) is 22.6. The van der Waals surface area contributed by atoms with E-state index in [9.17, 15) is 20.2 Å². The van der Waals surface area contributed by atoms with Gasteiger partial charge in [-0.25, -0.2) is 0 Å². The van der Waals surface area contributed by atoms with E-state index in [0.717, 1.165) is 12.9 Å². The Balaban J connectivity index is 2.29. The van der Waals surface area contributed by atoms with Crippen LogP contribution >= 0.6 is 45.2 Å². The lowest BCUT2D eigenvalue weighted by atomic mass is 10.1. The molecule has 0 fully saturated rings. The molecule has 0 aliphatic heterocycles. The molecule has 0 spiro atoms. The number of rotatable bonds is 5. The summed E-state index contributed by atoms with van der Waals surface area (Å²) in [7, 11) is 1.57. The fourth-order valence-electron chi connectivity index (χ4n) is 2.07. The number of nitriles is 1. The van der Waals surface area contributed by atoms with Gasteiger partial charge in [-0.1, -0.05) is 6.07 Å². The lowest BCUT2D eigenvalue weighted by Gasteiger charge is -2.08. The van der Waals surface area contributed by atoms with Crippen molar-refractivity contribution in [2.75, 3.05) is 12.4 Å². The minimum absolute atomic E-state index is 0.117. The molecule has 0 aliphatic rings. The lowest BCUT2D eigenvalue weighted by molar-refractivity contribution is -0.384. The summed E-state index contributed by atoms with van der Waals surface area (Å²) in [6.45, 7) is 0. The van der Waals surface area contributed by atoms with E-state index in [1.165, 1.54) is 30.3 Å². The van der Waals surface area contributed by atoms with E-state index >= 15 is 0 Å². The molecule has 0 aliphatic carbocycles. The van der Waals surface area contributed by atoms with Crippen molar-refractivity contribution in [1.29, 1.82) is 5.26 Å². The predicted octanol–water partition coefficient (Wildman–Crippen LogP) is 4.36. The molecule has 2 aromatic carbocycles. The van der Waals surface area contributed by atoms with E-state index in [1.54, 1.807) is 19.2 Å². The van der Waals surface area contributed by atoms with Crippen LogP contribution in [0.3, 0.4) is 0 Å². The van der Waals surface area contributed by atoms with E-state index in [-0.39, 0.29) is 16.9 Å². The minimum atomic E-state index is -0.645. The number of amides is 1. The number of hydrogen-bond donors (Lipinski definition) is 1. The molecule has 0 bridgehead atoms. The van der Waals surface area contributed by atoms with E-state index in [4.69, 9.17) is 4.74 Å². The molecule has 0 heterocycles. The number of nitro benzene ring substituents is 1. The maximum absolute atomic E-state index is 12.3. The molecule has 1 N–H and O–H groups in total. The number of halogens is 2. The average Bonchev–Trinajstić information content (AvgIpc) is 2.59. The van der Waals surface area contributed by atoms with Gasteiger partial charge in [0.2, 0.25) is 0 Å². The van der Waals surface area contributed by atoms with Crippen molar-refractivity contribution in [2.24, 2.45) is 0 Å². The second kappa shape index (κ2) is 8.95. The Labute approximate surface area is 176 Å². The van der Waals surface area contributed by atoms with E-state index < -0.39 is 10.8 Å². The van der Waals surface area contributed by atoms with Gasteiger partial charge < -0.3 is 10.1 Å². The van der Waals surface area contributed by atoms with Gasteiger partial charge in [0, 0.05) is 17.8 Å². The molecule has 7 nitrogen and oxygen atoms in total. The highest BCUT2D eigenvalue weighted by Crippen LogP contribution is 2.29. The van der Waals surface area contributed by atoms with Crippen molar-refractivity contribution < 1.29 is 14.5 Å². The summed E-state index contributed by atoms with van der Waals surface area (Å²) < 4.78 is 6.98. The molecule has 1 amide bonds. The number of carbonyl (C=O) groups is 1. The maximum Gasteiger partial charge on any atom is 0.271 e. The van der Waals surface area contributed by atoms with Gasteiger partial charge in [0.25, 0.3) is 11.6 Å². The van der Waals surface area contributed by atoms with Gasteiger partial charge in [0.15, 0.2) is 0 Å². The molecule has 2 aromatic rings. The second-order valence-corrected chi connectivity index (χ2v) is 7.27. The highest BCUT2D eigenvalue weighted by atomic mass is 127. The minimum Gasteiger partial charge on any atom is -0.495 e. The number of benzene rings is 2. The highest BCUT2D eigenvalue weighted by Gasteiger charge is 2.13. The van der Waals surface area contributed by atoms with Crippen molar-refractivity contribution in [1.82, 2.24) is 0 Å². The average molecular weight is 575 g/mol. The Bertz CT molecular complexity index is 928. The van der Waals surface area contributed by atoms with Crippen LogP contribution in [0, 0.1) is 28.6 Å². The molecule has 2 rings (SSSR count). The number of nitrogens with zero attached hydrogens (tertiary/aromatic N) is 2. The van der Waals surface area contributed by atoms with Crippen LogP contribution in [0.1, 0.15) is 5.56 Å². The smallest absolute Gasteiger partial charge is 0.271 e. The first kappa shape index (κ1) is 20.1. The molecule has 132 valence electrons. The van der Waals surface area contributed by atoms with Crippen molar-refractivity contribution >= 4 is 68.5 Å². The van der Waals surface area contributed by atoms with Crippen LogP contribution in [0.15, 0.2) is 42.0 Å². The van der Waals surface area contributed by atoms with Crippen LogP contribution in [-0.2, 0) is 4.79 Å². The first-order chi connectivity index (χ1) is 12.3. The normalized spacial score (nSPS) is 10.8. The molecule has 0 saturated heterocycles. The maximum atomic E-state index is 12.3. The van der Waals surface area contributed by atoms with Gasteiger partial charge in [0.05, 0.1) is 19.2 Å². The third-order valence-electron chi connectivity index (χ3n) is 3.22. The van der Waals surface area contributed by atoms with Crippen LogP contribution in [0.2, 0.25) is 0 Å². The van der Waals surface area contributed by atoms with Crippen LogP contribution in [0.4, 0.5) is 11.4 Å². The van der Waals surface area contributed by atoms with Crippen LogP contribution in [0.25, 0.3) is 6.08 Å². The zero-order valence-corrected chi connectivity index (χ0v) is 17.6. The Hall–Kier alpha value is -2.20. The summed E-state index contributed by atoms with van der Waals surface area (Å²) in [6.07, 6.45) is 1.45. The molecule has 9 heteroatoms. The number of non-ortho nitro benzene ring substituents is 1. The van der Waals surface area contributed by atoms with Gasteiger partial charge in [-0.15, -0.1) is 0 Å². The largest absolute Gasteiger partial charge is 0.495 e. The van der Waals surface area contributed by atoms with Crippen LogP contribution in [0.5, 0.6) is 5.75 Å². The fourth-order valence-corrected chi connectivity index (χ4v) is 4.33. The third-order valence-corrected chi connectivity index (χ3v) is 4.82. The molecule has 0 unspecified atom stereocenters. The number of hydrogen-bond acceptors (Lipinski definition) is 5. The number of methoxy groups -OCH3 is 1. The van der Waals surface area contributed by atoms with Gasteiger partial charge in [-0.2, -0.15) is 5.26 Å². The SMILES string of the molecule is COc1c(I)cc(/C=C(\C#N)C(=O)Nc2cccc([N+](=O)[O-])c2)cc1I. The monoisotopic (exact) mass is 575 g/mol. The van der Waals surface area contributed by atoms with E-state index in [2.05, 4.69) is 50.5 Å². The van der Waals surface area contributed by atoms with Crippen molar-refractivity contribution in [3.8, 4) is 11.8 Å². The Morgan fingerprint density at radius 1 is 1.31 bits per heavy atom. The fraction of sp³-hybridized carbons (Fsp3) is 0.0588. The van der Waals surface area contributed by atoms with Gasteiger partial charge >= 0.3 is 0 Å². The summed E-state index contributed by atoms with van der Waals surface area (Å²) >= 11 is 4.22. The van der Waals surface area contributed by atoms with Gasteiger partial charge in [-0.05, 0) is 75.0 Å². The molecular formula is C17H11I2N3O4. The standard InChI is InChI=1S/C17H11I2N3O4/c1-26-16-14(18)6-10(7-15(16)19)5-11(9-20)17(23)21-12-3-2-4-13(8-12)22(24)25/h2-8H,1H3,(H,21,23)/b11-5+. The first-order valence-electron chi connectivity index (χ1n) is 7.06. The topological polar surface area (TPSA) is 105 Å². The predicted molar refractivity (Wildman–Crippen MR) is 114 cm³/mol. The zero-order valence-electron chi connectivity index (χ0n) is 13.3. The number of nitrogens with one attached hydrogen (secondary N) is 1. The number of carbonyl (C=O) groups excluding carboxylic acids is 1. The highest BCUT2D eigenvalue weighted by molar-refractivity contribution is 14.1. The zero-order chi connectivity index (χ0) is 19.3. The molecule has 0 atom stereocenters. The Morgan fingerprint density at radius 3 is 2.50 bits per heavy atom.